The van der Waals surface area contributed by atoms with Crippen LogP contribution in [0.15, 0.2) is 0 Å². The van der Waals surface area contributed by atoms with Gasteiger partial charge in [-0.25, -0.2) is 0 Å². The van der Waals surface area contributed by atoms with Crippen LogP contribution >= 0.6 is 0 Å². The van der Waals surface area contributed by atoms with Gasteiger partial charge in [-0.3, -0.25) is 4.79 Å². The monoisotopic (exact) mass is 231 g/mol. The Labute approximate surface area is 98.4 Å². The van der Waals surface area contributed by atoms with Crippen molar-refractivity contribution in [2.24, 2.45) is 0 Å². The van der Waals surface area contributed by atoms with Crippen LogP contribution in [0.1, 0.15) is 46.0 Å². The minimum Gasteiger partial charge on any atom is -0.480 e. The number of rotatable bonds is 11. The number of ether oxygens (including phenoxy) is 1. The van der Waals surface area contributed by atoms with E-state index < -0.39 is 12.0 Å². The first-order chi connectivity index (χ1) is 7.72. The number of carbonyl (C=O) groups is 1. The summed E-state index contributed by atoms with van der Waals surface area (Å²) in [6, 6.07) is -0.467. The van der Waals surface area contributed by atoms with Crippen LogP contribution in [0.2, 0.25) is 0 Å². The molecule has 0 rings (SSSR count). The second-order valence-corrected chi connectivity index (χ2v) is 3.95. The van der Waals surface area contributed by atoms with Gasteiger partial charge in [0.25, 0.3) is 0 Å². The Hall–Kier alpha value is -0.610. The van der Waals surface area contributed by atoms with Crippen LogP contribution in [0.3, 0.4) is 0 Å². The minimum atomic E-state index is -0.786. The maximum Gasteiger partial charge on any atom is 0.320 e. The van der Waals surface area contributed by atoms with Gasteiger partial charge in [0.1, 0.15) is 6.04 Å². The van der Waals surface area contributed by atoms with Crippen molar-refractivity contribution in [2.45, 2.75) is 52.0 Å². The van der Waals surface area contributed by atoms with Gasteiger partial charge in [0.15, 0.2) is 0 Å². The first-order valence-corrected chi connectivity index (χ1v) is 6.26. The molecule has 1 unspecified atom stereocenters. The lowest BCUT2D eigenvalue weighted by molar-refractivity contribution is -0.140. The van der Waals surface area contributed by atoms with Gasteiger partial charge in [-0.15, -0.1) is 0 Å². The first kappa shape index (κ1) is 15.4. The Morgan fingerprint density at radius 2 is 2.00 bits per heavy atom. The molecular weight excluding hydrogens is 206 g/mol. The lowest BCUT2D eigenvalue weighted by Crippen LogP contribution is -2.38. The van der Waals surface area contributed by atoms with Crippen LogP contribution in [0.5, 0.6) is 0 Å². The van der Waals surface area contributed by atoms with Gasteiger partial charge < -0.3 is 15.2 Å². The zero-order valence-corrected chi connectivity index (χ0v) is 10.5. The molecule has 2 N–H and O–H groups in total. The third-order valence-electron chi connectivity index (χ3n) is 2.38. The summed E-state index contributed by atoms with van der Waals surface area (Å²) in [7, 11) is 0. The fourth-order valence-electron chi connectivity index (χ4n) is 1.39. The topological polar surface area (TPSA) is 58.6 Å². The van der Waals surface area contributed by atoms with Crippen molar-refractivity contribution in [3.63, 3.8) is 0 Å². The smallest absolute Gasteiger partial charge is 0.320 e. The Balaban J connectivity index is 3.48. The normalized spacial score (nSPS) is 12.6. The van der Waals surface area contributed by atoms with Crippen molar-refractivity contribution in [3.8, 4) is 0 Å². The molecule has 0 aromatic carbocycles. The van der Waals surface area contributed by atoms with E-state index in [4.69, 9.17) is 9.84 Å². The van der Waals surface area contributed by atoms with Gasteiger partial charge in [0.05, 0.1) is 0 Å². The fourth-order valence-corrected chi connectivity index (χ4v) is 1.39. The molecule has 4 heteroatoms. The standard InChI is InChI=1S/C12H25NO3/c1-3-5-6-9-16-10-7-11(12(14)15)13-8-4-2/h11,13H,3-10H2,1-2H3,(H,14,15). The van der Waals surface area contributed by atoms with Crippen LogP contribution in [0.4, 0.5) is 0 Å². The Morgan fingerprint density at radius 1 is 1.25 bits per heavy atom. The Kier molecular flexibility index (Phi) is 10.5. The van der Waals surface area contributed by atoms with Gasteiger partial charge in [-0.2, -0.15) is 0 Å². The van der Waals surface area contributed by atoms with Crippen LogP contribution in [-0.4, -0.2) is 36.9 Å². The van der Waals surface area contributed by atoms with Crippen LogP contribution in [0.25, 0.3) is 0 Å². The highest BCUT2D eigenvalue weighted by Gasteiger charge is 2.15. The predicted octanol–water partition coefficient (Wildman–Crippen LogP) is 2.04. The van der Waals surface area contributed by atoms with Gasteiger partial charge in [-0.1, -0.05) is 26.7 Å². The highest BCUT2D eigenvalue weighted by Crippen LogP contribution is 1.97. The number of hydrogen-bond donors (Lipinski definition) is 2. The minimum absolute atomic E-state index is 0.467. The van der Waals surface area contributed by atoms with E-state index in [0.29, 0.717) is 13.0 Å². The predicted molar refractivity (Wildman–Crippen MR) is 64.7 cm³/mol. The quantitative estimate of drug-likeness (QED) is 0.534. The van der Waals surface area contributed by atoms with E-state index in [-0.39, 0.29) is 0 Å². The Morgan fingerprint density at radius 3 is 2.56 bits per heavy atom. The van der Waals surface area contributed by atoms with Gasteiger partial charge in [-0.05, 0) is 25.8 Å². The molecule has 0 amide bonds. The molecule has 0 heterocycles. The van der Waals surface area contributed by atoms with Crippen molar-refractivity contribution in [3.05, 3.63) is 0 Å². The molecule has 1 atom stereocenters. The summed E-state index contributed by atoms with van der Waals surface area (Å²) in [5.41, 5.74) is 0. The summed E-state index contributed by atoms with van der Waals surface area (Å²) in [5, 5.41) is 11.9. The molecule has 0 fully saturated rings. The number of carboxylic acid groups (broad SMARTS) is 1. The molecular formula is C12H25NO3. The highest BCUT2D eigenvalue weighted by molar-refractivity contribution is 5.73. The van der Waals surface area contributed by atoms with E-state index in [1.54, 1.807) is 0 Å². The maximum absolute atomic E-state index is 10.9. The van der Waals surface area contributed by atoms with Crippen LogP contribution in [0, 0.1) is 0 Å². The number of unbranched alkanes of at least 4 members (excludes halogenated alkanes) is 2. The van der Waals surface area contributed by atoms with Crippen molar-refractivity contribution in [1.82, 2.24) is 5.32 Å². The number of hydrogen-bond acceptors (Lipinski definition) is 3. The second kappa shape index (κ2) is 10.9. The van der Waals surface area contributed by atoms with Crippen molar-refractivity contribution < 1.29 is 14.6 Å². The molecule has 0 aliphatic carbocycles. The zero-order chi connectivity index (χ0) is 12.2. The number of nitrogens with one attached hydrogen (secondary N) is 1. The first-order valence-electron chi connectivity index (χ1n) is 6.26. The summed E-state index contributed by atoms with van der Waals surface area (Å²) in [5.74, 6) is -0.786. The van der Waals surface area contributed by atoms with Crippen molar-refractivity contribution in [1.29, 1.82) is 0 Å². The van der Waals surface area contributed by atoms with E-state index in [0.717, 1.165) is 26.0 Å². The third kappa shape index (κ3) is 8.68. The average molecular weight is 231 g/mol. The van der Waals surface area contributed by atoms with E-state index in [2.05, 4.69) is 12.2 Å². The molecule has 4 nitrogen and oxygen atoms in total. The summed E-state index contributed by atoms with van der Waals surface area (Å²) < 4.78 is 5.39. The lowest BCUT2D eigenvalue weighted by Gasteiger charge is -2.13. The SMILES string of the molecule is CCCCCOCCC(NCCC)C(=O)O. The summed E-state index contributed by atoms with van der Waals surface area (Å²) in [6.45, 7) is 6.18. The molecule has 0 aromatic rings. The largest absolute Gasteiger partial charge is 0.480 e. The molecule has 0 aliphatic heterocycles. The summed E-state index contributed by atoms with van der Waals surface area (Å²) in [4.78, 5) is 10.9. The van der Waals surface area contributed by atoms with E-state index >= 15 is 0 Å². The summed E-state index contributed by atoms with van der Waals surface area (Å²) in [6.07, 6.45) is 4.91. The Bertz CT molecular complexity index is 174. The average Bonchev–Trinajstić information content (AvgIpc) is 2.26. The van der Waals surface area contributed by atoms with E-state index in [1.165, 1.54) is 12.8 Å². The molecule has 96 valence electrons. The lowest BCUT2D eigenvalue weighted by atomic mass is 10.2. The molecule has 0 spiro atoms. The molecule has 0 bridgehead atoms. The zero-order valence-electron chi connectivity index (χ0n) is 10.5. The van der Waals surface area contributed by atoms with Gasteiger partial charge >= 0.3 is 5.97 Å². The molecule has 0 saturated heterocycles. The molecule has 0 saturated carbocycles. The second-order valence-electron chi connectivity index (χ2n) is 3.95. The molecule has 0 radical (unpaired) electrons. The van der Waals surface area contributed by atoms with Gasteiger partial charge in [0, 0.05) is 13.2 Å². The fraction of sp³-hybridized carbons (Fsp3) is 0.917. The highest BCUT2D eigenvalue weighted by atomic mass is 16.5. The van der Waals surface area contributed by atoms with Crippen LogP contribution < -0.4 is 5.32 Å². The number of carboxylic acids is 1. The number of aliphatic carboxylic acids is 1. The van der Waals surface area contributed by atoms with Crippen molar-refractivity contribution >= 4 is 5.97 Å². The molecule has 0 aromatic heterocycles. The van der Waals surface area contributed by atoms with Gasteiger partial charge in [0.2, 0.25) is 0 Å². The van der Waals surface area contributed by atoms with Crippen LogP contribution in [-0.2, 0) is 9.53 Å². The molecule has 0 aliphatic rings. The third-order valence-corrected chi connectivity index (χ3v) is 2.38. The van der Waals surface area contributed by atoms with Crippen molar-refractivity contribution in [2.75, 3.05) is 19.8 Å². The summed E-state index contributed by atoms with van der Waals surface area (Å²) >= 11 is 0. The molecule has 16 heavy (non-hydrogen) atoms. The van der Waals surface area contributed by atoms with E-state index in [9.17, 15) is 4.79 Å². The van der Waals surface area contributed by atoms with E-state index in [1.807, 2.05) is 6.92 Å². The maximum atomic E-state index is 10.9.